The summed E-state index contributed by atoms with van der Waals surface area (Å²) in [5.41, 5.74) is 11.9. The van der Waals surface area contributed by atoms with E-state index < -0.39 is 5.91 Å². The maximum absolute atomic E-state index is 11.3. The van der Waals surface area contributed by atoms with Crippen molar-refractivity contribution < 1.29 is 4.79 Å². The molecule has 6 nitrogen and oxygen atoms in total. The number of aromatic nitrogens is 1. The molecule has 106 valence electrons. The predicted octanol–water partition coefficient (Wildman–Crippen LogP) is 0.907. The summed E-state index contributed by atoms with van der Waals surface area (Å²) in [5, 5.41) is 3.18. The molecule has 0 aromatic carbocycles. The van der Waals surface area contributed by atoms with Crippen LogP contribution in [0.3, 0.4) is 0 Å². The highest BCUT2D eigenvalue weighted by molar-refractivity contribution is 5.98. The van der Waals surface area contributed by atoms with Crippen LogP contribution in [0.25, 0.3) is 0 Å². The molecule has 1 aromatic heterocycles. The molecule has 0 unspecified atom stereocenters. The number of nitrogens with two attached hydrogens (primary N) is 2. The molecule has 0 fully saturated rings. The average Bonchev–Trinajstić information content (AvgIpc) is 2.40. The first-order valence-corrected chi connectivity index (χ1v) is 6.60. The quantitative estimate of drug-likeness (QED) is 0.607. The lowest BCUT2D eigenvalue weighted by Crippen LogP contribution is -2.25. The fourth-order valence-electron chi connectivity index (χ4n) is 1.88. The summed E-state index contributed by atoms with van der Waals surface area (Å²) in [7, 11) is 0. The molecule has 0 aliphatic heterocycles. The maximum Gasteiger partial charge on any atom is 0.250 e. The second kappa shape index (κ2) is 7.58. The van der Waals surface area contributed by atoms with E-state index in [2.05, 4.69) is 29.0 Å². The molecule has 1 aromatic rings. The number of nitrogen functional groups attached to an aromatic ring is 1. The molecule has 0 aliphatic rings. The zero-order chi connectivity index (χ0) is 14.3. The summed E-state index contributed by atoms with van der Waals surface area (Å²) in [6.45, 7) is 8.17. The van der Waals surface area contributed by atoms with Gasteiger partial charge in [-0.25, -0.2) is 4.98 Å². The highest BCUT2D eigenvalue weighted by Gasteiger charge is 2.09. The van der Waals surface area contributed by atoms with Gasteiger partial charge in [0.15, 0.2) is 0 Å². The van der Waals surface area contributed by atoms with Crippen LogP contribution in [0.2, 0.25) is 0 Å². The minimum Gasteiger partial charge on any atom is -0.384 e. The van der Waals surface area contributed by atoms with E-state index in [1.54, 1.807) is 6.20 Å². The van der Waals surface area contributed by atoms with Crippen molar-refractivity contribution >= 4 is 17.4 Å². The first-order chi connectivity index (χ1) is 9.08. The third-order valence-electron chi connectivity index (χ3n) is 3.05. The molecule has 0 spiro atoms. The number of amides is 1. The summed E-state index contributed by atoms with van der Waals surface area (Å²) >= 11 is 0. The van der Waals surface area contributed by atoms with E-state index >= 15 is 0 Å². The highest BCUT2D eigenvalue weighted by Crippen LogP contribution is 2.15. The molecule has 0 atom stereocenters. The largest absolute Gasteiger partial charge is 0.384 e. The number of hydrogen-bond donors (Lipinski definition) is 3. The van der Waals surface area contributed by atoms with Crippen molar-refractivity contribution in [2.45, 2.75) is 20.3 Å². The van der Waals surface area contributed by atoms with Crippen molar-refractivity contribution in [1.82, 2.24) is 9.88 Å². The van der Waals surface area contributed by atoms with Gasteiger partial charge in [0.2, 0.25) is 0 Å². The molecular formula is C13H23N5O. The fourth-order valence-corrected chi connectivity index (χ4v) is 1.88. The number of nitrogens with one attached hydrogen (secondary N) is 1. The number of anilines is 2. The number of carbonyl (C=O) groups is 1. The van der Waals surface area contributed by atoms with Crippen LogP contribution in [0, 0.1) is 0 Å². The zero-order valence-electron chi connectivity index (χ0n) is 11.6. The van der Waals surface area contributed by atoms with Gasteiger partial charge in [0, 0.05) is 6.54 Å². The normalized spacial score (nSPS) is 10.7. The number of nitrogens with zero attached hydrogens (tertiary/aromatic N) is 2. The number of carbonyl (C=O) groups excluding carboxylic acids is 1. The van der Waals surface area contributed by atoms with Crippen molar-refractivity contribution in [3.63, 3.8) is 0 Å². The summed E-state index contributed by atoms with van der Waals surface area (Å²) < 4.78 is 0. The van der Waals surface area contributed by atoms with Gasteiger partial charge in [-0.1, -0.05) is 13.8 Å². The number of hydrogen-bond acceptors (Lipinski definition) is 5. The molecule has 1 heterocycles. The van der Waals surface area contributed by atoms with Crippen LogP contribution in [0.5, 0.6) is 0 Å². The Morgan fingerprint density at radius 2 is 2.11 bits per heavy atom. The Hall–Kier alpha value is -1.82. The van der Waals surface area contributed by atoms with Gasteiger partial charge in [-0.15, -0.1) is 0 Å². The van der Waals surface area contributed by atoms with Gasteiger partial charge in [-0.3, -0.25) is 4.79 Å². The van der Waals surface area contributed by atoms with Crippen LogP contribution in [0.1, 0.15) is 30.6 Å². The monoisotopic (exact) mass is 265 g/mol. The van der Waals surface area contributed by atoms with Gasteiger partial charge in [-0.2, -0.15) is 0 Å². The van der Waals surface area contributed by atoms with E-state index in [1.165, 1.54) is 6.07 Å². The van der Waals surface area contributed by atoms with E-state index in [-0.39, 0.29) is 0 Å². The van der Waals surface area contributed by atoms with E-state index in [0.717, 1.165) is 32.6 Å². The zero-order valence-corrected chi connectivity index (χ0v) is 11.6. The van der Waals surface area contributed by atoms with Crippen LogP contribution in [-0.4, -0.2) is 42.0 Å². The minimum atomic E-state index is -0.500. The molecule has 0 aliphatic carbocycles. The Kier molecular flexibility index (Phi) is 6.08. The molecule has 1 rings (SSSR count). The van der Waals surface area contributed by atoms with E-state index in [0.29, 0.717) is 17.1 Å². The lowest BCUT2D eigenvalue weighted by molar-refractivity contribution is 0.100. The Balaban J connectivity index is 2.51. The van der Waals surface area contributed by atoms with E-state index in [9.17, 15) is 4.79 Å². The predicted molar refractivity (Wildman–Crippen MR) is 78.1 cm³/mol. The molecule has 5 N–H and O–H groups in total. The molecular weight excluding hydrogens is 242 g/mol. The van der Waals surface area contributed by atoms with Crippen LogP contribution < -0.4 is 16.8 Å². The standard InChI is InChI=1S/C13H23N5O/c1-3-18(4-2)7-5-6-16-11-9-17-12(14)8-10(11)13(15)19/h8-9,16H,3-7H2,1-2H3,(H2,14,17)(H2,15,19). The second-order valence-corrected chi connectivity index (χ2v) is 4.33. The molecule has 6 heteroatoms. The second-order valence-electron chi connectivity index (χ2n) is 4.33. The third-order valence-corrected chi connectivity index (χ3v) is 3.05. The van der Waals surface area contributed by atoms with Gasteiger partial charge >= 0.3 is 0 Å². The van der Waals surface area contributed by atoms with Crippen molar-refractivity contribution in [3.05, 3.63) is 17.8 Å². The van der Waals surface area contributed by atoms with Crippen LogP contribution in [0.15, 0.2) is 12.3 Å². The maximum atomic E-state index is 11.3. The lowest BCUT2D eigenvalue weighted by Gasteiger charge is -2.18. The average molecular weight is 265 g/mol. The van der Waals surface area contributed by atoms with Crippen LogP contribution >= 0.6 is 0 Å². The first kappa shape index (κ1) is 15.2. The van der Waals surface area contributed by atoms with Gasteiger partial charge in [0.05, 0.1) is 17.4 Å². The van der Waals surface area contributed by atoms with Crippen LogP contribution in [0.4, 0.5) is 11.5 Å². The van der Waals surface area contributed by atoms with E-state index in [4.69, 9.17) is 11.5 Å². The van der Waals surface area contributed by atoms with Crippen molar-refractivity contribution in [2.75, 3.05) is 37.2 Å². The van der Waals surface area contributed by atoms with Gasteiger partial charge in [0.1, 0.15) is 5.82 Å². The van der Waals surface area contributed by atoms with Crippen molar-refractivity contribution in [1.29, 1.82) is 0 Å². The molecule has 0 saturated heterocycles. The molecule has 0 bridgehead atoms. The van der Waals surface area contributed by atoms with Gasteiger partial charge in [0.25, 0.3) is 5.91 Å². The topological polar surface area (TPSA) is 97.3 Å². The number of pyridine rings is 1. The smallest absolute Gasteiger partial charge is 0.250 e. The minimum absolute atomic E-state index is 0.294. The SMILES string of the molecule is CCN(CC)CCCNc1cnc(N)cc1C(N)=O. The van der Waals surface area contributed by atoms with Gasteiger partial charge < -0.3 is 21.7 Å². The Morgan fingerprint density at radius 1 is 1.42 bits per heavy atom. The third kappa shape index (κ3) is 4.75. The Morgan fingerprint density at radius 3 is 2.68 bits per heavy atom. The lowest BCUT2D eigenvalue weighted by atomic mass is 10.2. The number of primary amides is 1. The van der Waals surface area contributed by atoms with E-state index in [1.807, 2.05) is 0 Å². The Labute approximate surface area is 114 Å². The van der Waals surface area contributed by atoms with Crippen molar-refractivity contribution in [3.8, 4) is 0 Å². The van der Waals surface area contributed by atoms with Crippen molar-refractivity contribution in [2.24, 2.45) is 5.73 Å². The molecule has 19 heavy (non-hydrogen) atoms. The molecule has 1 amide bonds. The summed E-state index contributed by atoms with van der Waals surface area (Å²) in [6, 6.07) is 1.50. The molecule has 0 saturated carbocycles. The summed E-state index contributed by atoms with van der Waals surface area (Å²) in [6.07, 6.45) is 2.54. The van der Waals surface area contributed by atoms with Gasteiger partial charge in [-0.05, 0) is 32.1 Å². The summed E-state index contributed by atoms with van der Waals surface area (Å²) in [5.74, 6) is -0.206. The number of rotatable bonds is 8. The van der Waals surface area contributed by atoms with Crippen LogP contribution in [-0.2, 0) is 0 Å². The Bertz CT molecular complexity index is 417. The highest BCUT2D eigenvalue weighted by atomic mass is 16.1. The summed E-state index contributed by atoms with van der Waals surface area (Å²) in [4.78, 5) is 17.6. The molecule has 0 radical (unpaired) electrons. The first-order valence-electron chi connectivity index (χ1n) is 6.60. The fraction of sp³-hybridized carbons (Fsp3) is 0.538.